The SMILES string of the molecule is CCCCCCCCCCCCCCCCCC1=[N+](CCOCCC(=O)OCC)CCN1. The topological polar surface area (TPSA) is 50.6 Å². The molecule has 0 aromatic rings. The molecule has 0 fully saturated rings. The van der Waals surface area contributed by atoms with Gasteiger partial charge in [-0.3, -0.25) is 14.7 Å². The molecule has 0 amide bonds. The third-order valence-electron chi connectivity index (χ3n) is 6.37. The normalized spacial score (nSPS) is 13.6. The Hall–Kier alpha value is -1.10. The van der Waals surface area contributed by atoms with Crippen molar-refractivity contribution in [2.24, 2.45) is 0 Å². The molecule has 0 radical (unpaired) electrons. The summed E-state index contributed by atoms with van der Waals surface area (Å²) in [7, 11) is 0. The second-order valence-corrected chi connectivity index (χ2v) is 9.23. The third-order valence-corrected chi connectivity index (χ3v) is 6.37. The van der Waals surface area contributed by atoms with Crippen LogP contribution < -0.4 is 5.32 Å². The molecule has 1 heterocycles. The van der Waals surface area contributed by atoms with Crippen molar-refractivity contribution in [2.75, 3.05) is 39.5 Å². The summed E-state index contributed by atoms with van der Waals surface area (Å²) in [5, 5.41) is 3.55. The lowest BCUT2D eigenvalue weighted by Crippen LogP contribution is -2.25. The fourth-order valence-corrected chi connectivity index (χ4v) is 4.40. The highest BCUT2D eigenvalue weighted by molar-refractivity contribution is 5.78. The van der Waals surface area contributed by atoms with E-state index in [0.717, 1.165) is 26.1 Å². The first-order chi connectivity index (χ1) is 15.8. The molecule has 0 spiro atoms. The quantitative estimate of drug-likeness (QED) is 0.113. The summed E-state index contributed by atoms with van der Waals surface area (Å²) in [6, 6.07) is 0. The second-order valence-electron chi connectivity index (χ2n) is 9.23. The summed E-state index contributed by atoms with van der Waals surface area (Å²) in [5.74, 6) is 1.21. The van der Waals surface area contributed by atoms with Gasteiger partial charge in [0.2, 0.25) is 5.84 Å². The first-order valence-corrected chi connectivity index (χ1v) is 13.9. The molecule has 1 aliphatic heterocycles. The Morgan fingerprint density at radius 2 is 1.38 bits per heavy atom. The van der Waals surface area contributed by atoms with Gasteiger partial charge in [-0.05, 0) is 13.3 Å². The van der Waals surface area contributed by atoms with E-state index in [1.807, 2.05) is 6.92 Å². The van der Waals surface area contributed by atoms with Gasteiger partial charge in [0.25, 0.3) is 0 Å². The zero-order valence-corrected chi connectivity index (χ0v) is 21.4. The van der Waals surface area contributed by atoms with Gasteiger partial charge in [0.15, 0.2) is 0 Å². The van der Waals surface area contributed by atoms with E-state index in [4.69, 9.17) is 9.47 Å². The van der Waals surface area contributed by atoms with Gasteiger partial charge in [0.1, 0.15) is 19.6 Å². The Kier molecular flexibility index (Phi) is 19.6. The fraction of sp³-hybridized carbons (Fsp3) is 0.926. The Balaban J connectivity index is 1.90. The highest BCUT2D eigenvalue weighted by Gasteiger charge is 2.19. The van der Waals surface area contributed by atoms with Gasteiger partial charge < -0.3 is 9.47 Å². The van der Waals surface area contributed by atoms with Crippen molar-refractivity contribution in [3.05, 3.63) is 0 Å². The monoisotopic (exact) mass is 453 g/mol. The van der Waals surface area contributed by atoms with Crippen LogP contribution in [0.25, 0.3) is 0 Å². The molecule has 188 valence electrons. The van der Waals surface area contributed by atoms with E-state index in [1.54, 1.807) is 0 Å². The fourth-order valence-electron chi connectivity index (χ4n) is 4.40. The number of rotatable bonds is 23. The van der Waals surface area contributed by atoms with E-state index in [-0.39, 0.29) is 5.97 Å². The number of amidine groups is 1. The van der Waals surface area contributed by atoms with E-state index in [0.29, 0.717) is 26.2 Å². The number of esters is 1. The number of nitrogens with zero attached hydrogens (tertiary/aromatic N) is 1. The minimum Gasteiger partial charge on any atom is -0.466 e. The van der Waals surface area contributed by atoms with Crippen molar-refractivity contribution in [3.8, 4) is 0 Å². The maximum atomic E-state index is 11.3. The van der Waals surface area contributed by atoms with Crippen molar-refractivity contribution >= 4 is 11.8 Å². The summed E-state index contributed by atoms with van der Waals surface area (Å²) >= 11 is 0. The Morgan fingerprint density at radius 1 is 0.812 bits per heavy atom. The minimum atomic E-state index is -0.171. The molecule has 0 atom stereocenters. The van der Waals surface area contributed by atoms with Gasteiger partial charge in [0, 0.05) is 6.42 Å². The Bertz CT molecular complexity index is 480. The van der Waals surface area contributed by atoms with Crippen molar-refractivity contribution in [1.82, 2.24) is 5.32 Å². The molecule has 1 rings (SSSR count). The molecule has 5 nitrogen and oxygen atoms in total. The molecule has 0 bridgehead atoms. The van der Waals surface area contributed by atoms with Crippen molar-refractivity contribution < 1.29 is 18.8 Å². The molecule has 0 unspecified atom stereocenters. The molecule has 0 saturated carbocycles. The van der Waals surface area contributed by atoms with Crippen LogP contribution >= 0.6 is 0 Å². The van der Waals surface area contributed by atoms with Crippen LogP contribution in [0.5, 0.6) is 0 Å². The van der Waals surface area contributed by atoms with Gasteiger partial charge >= 0.3 is 5.97 Å². The molecular formula is C27H53N2O3+. The van der Waals surface area contributed by atoms with Gasteiger partial charge in [-0.2, -0.15) is 0 Å². The number of nitrogens with one attached hydrogen (secondary N) is 1. The molecule has 1 aliphatic rings. The predicted molar refractivity (Wildman–Crippen MR) is 135 cm³/mol. The molecule has 0 saturated heterocycles. The summed E-state index contributed by atoms with van der Waals surface area (Å²) in [4.78, 5) is 11.3. The summed E-state index contributed by atoms with van der Waals surface area (Å²) in [6.07, 6.45) is 22.6. The first-order valence-electron chi connectivity index (χ1n) is 13.9. The van der Waals surface area contributed by atoms with E-state index in [2.05, 4.69) is 16.8 Å². The molecule has 0 aromatic carbocycles. The number of hydrogen-bond acceptors (Lipinski definition) is 4. The number of ether oxygens (including phenoxy) is 2. The lowest BCUT2D eigenvalue weighted by atomic mass is 10.0. The van der Waals surface area contributed by atoms with Crippen LogP contribution in [-0.2, 0) is 14.3 Å². The van der Waals surface area contributed by atoms with E-state index >= 15 is 0 Å². The van der Waals surface area contributed by atoms with E-state index in [9.17, 15) is 4.79 Å². The van der Waals surface area contributed by atoms with Crippen LogP contribution in [0, 0.1) is 0 Å². The van der Waals surface area contributed by atoms with E-state index in [1.165, 1.54) is 102 Å². The molecule has 0 aliphatic carbocycles. The van der Waals surface area contributed by atoms with Crippen LogP contribution in [0.15, 0.2) is 0 Å². The highest BCUT2D eigenvalue weighted by Crippen LogP contribution is 2.14. The Labute approximate surface area is 198 Å². The summed E-state index contributed by atoms with van der Waals surface area (Å²) in [6.45, 7) is 8.69. The van der Waals surface area contributed by atoms with Crippen molar-refractivity contribution in [1.29, 1.82) is 0 Å². The van der Waals surface area contributed by atoms with Crippen LogP contribution in [0.4, 0.5) is 0 Å². The highest BCUT2D eigenvalue weighted by atomic mass is 16.5. The zero-order chi connectivity index (χ0) is 23.1. The summed E-state index contributed by atoms with van der Waals surface area (Å²) in [5.41, 5.74) is 0. The smallest absolute Gasteiger partial charge is 0.308 e. The van der Waals surface area contributed by atoms with Gasteiger partial charge in [-0.25, -0.2) is 0 Å². The number of carbonyl (C=O) groups is 1. The third kappa shape index (κ3) is 16.5. The number of hydrogen-bond donors (Lipinski definition) is 1. The van der Waals surface area contributed by atoms with Crippen LogP contribution in [0.1, 0.15) is 123 Å². The zero-order valence-electron chi connectivity index (χ0n) is 21.4. The molecular weight excluding hydrogens is 400 g/mol. The van der Waals surface area contributed by atoms with Gasteiger partial charge in [-0.15, -0.1) is 0 Å². The number of carbonyl (C=O) groups excluding carboxylic acids is 1. The van der Waals surface area contributed by atoms with Crippen LogP contribution in [-0.4, -0.2) is 55.8 Å². The summed E-state index contributed by atoms with van der Waals surface area (Å²) < 4.78 is 12.9. The van der Waals surface area contributed by atoms with E-state index < -0.39 is 0 Å². The standard InChI is InChI=1S/C27H52N2O3/c1-3-5-6-7-8-9-10-11-12-13-14-15-16-17-18-19-26-28-21-22-29(26)23-25-31-24-20-27(30)32-4-2/h3-25H2,1-2H3/p+1. The molecule has 5 heteroatoms. The number of unbranched alkanes of at least 4 members (excludes halogenated alkanes) is 14. The molecule has 32 heavy (non-hydrogen) atoms. The predicted octanol–water partition coefficient (Wildman–Crippen LogP) is 6.23. The maximum absolute atomic E-state index is 11.3. The van der Waals surface area contributed by atoms with Crippen LogP contribution in [0.2, 0.25) is 0 Å². The van der Waals surface area contributed by atoms with Crippen molar-refractivity contribution in [2.45, 2.75) is 123 Å². The molecule has 0 aromatic heterocycles. The maximum Gasteiger partial charge on any atom is 0.308 e. The molecule has 1 N–H and O–H groups in total. The average Bonchev–Trinajstić information content (AvgIpc) is 3.23. The first kappa shape index (κ1) is 28.9. The lowest BCUT2D eigenvalue weighted by Gasteiger charge is -2.06. The van der Waals surface area contributed by atoms with Gasteiger partial charge in [-0.1, -0.05) is 96.8 Å². The average molecular weight is 454 g/mol. The minimum absolute atomic E-state index is 0.171. The largest absolute Gasteiger partial charge is 0.466 e. The van der Waals surface area contributed by atoms with Crippen LogP contribution in [0.3, 0.4) is 0 Å². The van der Waals surface area contributed by atoms with Crippen molar-refractivity contribution in [3.63, 3.8) is 0 Å². The second kappa shape index (κ2) is 21.7. The lowest BCUT2D eigenvalue weighted by molar-refractivity contribution is -0.522. The Morgan fingerprint density at radius 3 is 1.94 bits per heavy atom. The van der Waals surface area contributed by atoms with Gasteiger partial charge in [0.05, 0.1) is 26.2 Å².